The van der Waals surface area contributed by atoms with E-state index in [1.807, 2.05) is 12.1 Å². The van der Waals surface area contributed by atoms with Gasteiger partial charge in [-0.15, -0.1) is 0 Å². The van der Waals surface area contributed by atoms with Gasteiger partial charge in [-0.05, 0) is 31.0 Å². The average Bonchev–Trinajstić information content (AvgIpc) is 2.45. The van der Waals surface area contributed by atoms with Crippen LogP contribution in [0.5, 0.6) is 5.75 Å². The lowest BCUT2D eigenvalue weighted by molar-refractivity contribution is 0.243. The second-order valence-electron chi connectivity index (χ2n) is 5.68. The van der Waals surface area contributed by atoms with Gasteiger partial charge < -0.3 is 9.64 Å². The summed E-state index contributed by atoms with van der Waals surface area (Å²) >= 11 is 0. The zero-order chi connectivity index (χ0) is 13.7. The number of benzene rings is 1. The largest absolute Gasteiger partial charge is 0.495 e. The third-order valence-corrected chi connectivity index (χ3v) is 3.82. The molecular weight excluding hydrogens is 236 g/mol. The number of methoxy groups -OCH3 is 1. The van der Waals surface area contributed by atoms with Gasteiger partial charge >= 0.3 is 0 Å². The summed E-state index contributed by atoms with van der Waals surface area (Å²) in [5.41, 5.74) is 1.23. The molecule has 0 N–H and O–H groups in total. The third kappa shape index (κ3) is 3.87. The van der Waals surface area contributed by atoms with Crippen LogP contribution in [-0.2, 0) is 0 Å². The van der Waals surface area contributed by atoms with E-state index in [1.165, 1.54) is 18.7 Å². The first-order chi connectivity index (χ1) is 9.20. The van der Waals surface area contributed by atoms with E-state index in [-0.39, 0.29) is 0 Å². The minimum Gasteiger partial charge on any atom is -0.495 e. The van der Waals surface area contributed by atoms with Crippen molar-refractivity contribution in [3.05, 3.63) is 24.3 Å². The van der Waals surface area contributed by atoms with Gasteiger partial charge in [-0.25, -0.2) is 0 Å². The van der Waals surface area contributed by atoms with E-state index in [1.54, 1.807) is 7.11 Å². The van der Waals surface area contributed by atoms with Crippen molar-refractivity contribution in [2.45, 2.75) is 20.3 Å². The van der Waals surface area contributed by atoms with E-state index in [0.717, 1.165) is 37.8 Å². The van der Waals surface area contributed by atoms with E-state index in [9.17, 15) is 0 Å². The quantitative estimate of drug-likeness (QED) is 0.811. The fourth-order valence-electron chi connectivity index (χ4n) is 2.54. The van der Waals surface area contributed by atoms with Gasteiger partial charge in [0.25, 0.3) is 0 Å². The molecule has 0 radical (unpaired) electrons. The highest BCUT2D eigenvalue weighted by Gasteiger charge is 2.19. The molecular formula is C16H26N2O. The number of hydrogen-bond acceptors (Lipinski definition) is 3. The first-order valence-corrected chi connectivity index (χ1v) is 7.31. The summed E-state index contributed by atoms with van der Waals surface area (Å²) in [6, 6.07) is 8.31. The summed E-state index contributed by atoms with van der Waals surface area (Å²) in [5, 5.41) is 0. The van der Waals surface area contributed by atoms with E-state index in [0.29, 0.717) is 0 Å². The highest BCUT2D eigenvalue weighted by Crippen LogP contribution is 2.28. The van der Waals surface area contributed by atoms with Crippen molar-refractivity contribution in [2.24, 2.45) is 5.92 Å². The standard InChI is InChI=1S/C16H26N2O/c1-14(2)8-9-17-10-12-18(13-11-17)15-6-4-5-7-16(15)19-3/h4-7,14H,8-13H2,1-3H3. The molecule has 0 aliphatic carbocycles. The second-order valence-corrected chi connectivity index (χ2v) is 5.68. The van der Waals surface area contributed by atoms with Crippen molar-refractivity contribution >= 4 is 5.69 Å². The molecule has 3 nitrogen and oxygen atoms in total. The summed E-state index contributed by atoms with van der Waals surface area (Å²) in [4.78, 5) is 5.01. The van der Waals surface area contributed by atoms with Crippen molar-refractivity contribution in [1.82, 2.24) is 4.90 Å². The van der Waals surface area contributed by atoms with Crippen LogP contribution in [0.25, 0.3) is 0 Å². The third-order valence-electron chi connectivity index (χ3n) is 3.82. The molecule has 1 aliphatic rings. The summed E-state index contributed by atoms with van der Waals surface area (Å²) in [7, 11) is 1.75. The molecule has 1 aliphatic heterocycles. The molecule has 1 heterocycles. The second kappa shape index (κ2) is 6.80. The lowest BCUT2D eigenvalue weighted by Crippen LogP contribution is -2.46. The highest BCUT2D eigenvalue weighted by molar-refractivity contribution is 5.58. The molecule has 0 bridgehead atoms. The average molecular weight is 262 g/mol. The molecule has 106 valence electrons. The van der Waals surface area contributed by atoms with Crippen molar-refractivity contribution in [3.63, 3.8) is 0 Å². The Balaban J connectivity index is 1.89. The monoisotopic (exact) mass is 262 g/mol. The number of anilines is 1. The maximum Gasteiger partial charge on any atom is 0.142 e. The van der Waals surface area contributed by atoms with Crippen LogP contribution >= 0.6 is 0 Å². The molecule has 19 heavy (non-hydrogen) atoms. The SMILES string of the molecule is COc1ccccc1N1CCN(CCC(C)C)CC1. The normalized spacial score (nSPS) is 16.9. The lowest BCUT2D eigenvalue weighted by Gasteiger charge is -2.36. The van der Waals surface area contributed by atoms with Gasteiger partial charge in [0.1, 0.15) is 5.75 Å². The maximum absolute atomic E-state index is 5.45. The molecule has 0 amide bonds. The van der Waals surface area contributed by atoms with Gasteiger partial charge in [0.15, 0.2) is 0 Å². The summed E-state index contributed by atoms with van der Waals surface area (Å²) in [6.45, 7) is 10.3. The fourth-order valence-corrected chi connectivity index (χ4v) is 2.54. The Morgan fingerprint density at radius 2 is 1.79 bits per heavy atom. The van der Waals surface area contributed by atoms with E-state index in [4.69, 9.17) is 4.74 Å². The summed E-state index contributed by atoms with van der Waals surface area (Å²) in [6.07, 6.45) is 1.30. The van der Waals surface area contributed by atoms with Crippen LogP contribution in [0.4, 0.5) is 5.69 Å². The minimum absolute atomic E-state index is 0.798. The maximum atomic E-state index is 5.45. The molecule has 2 rings (SSSR count). The summed E-state index contributed by atoms with van der Waals surface area (Å²) in [5.74, 6) is 1.78. The van der Waals surface area contributed by atoms with E-state index >= 15 is 0 Å². The smallest absolute Gasteiger partial charge is 0.142 e. The Morgan fingerprint density at radius 3 is 2.42 bits per heavy atom. The first kappa shape index (κ1) is 14.2. The summed E-state index contributed by atoms with van der Waals surface area (Å²) < 4.78 is 5.45. The molecule has 0 unspecified atom stereocenters. The van der Waals surface area contributed by atoms with Crippen molar-refractivity contribution < 1.29 is 4.74 Å². The van der Waals surface area contributed by atoms with Crippen LogP contribution in [-0.4, -0.2) is 44.7 Å². The van der Waals surface area contributed by atoms with Crippen molar-refractivity contribution in [2.75, 3.05) is 44.7 Å². The zero-order valence-electron chi connectivity index (χ0n) is 12.4. The van der Waals surface area contributed by atoms with E-state index < -0.39 is 0 Å². The molecule has 0 atom stereocenters. The Bertz CT molecular complexity index is 384. The molecule has 0 aromatic heterocycles. The Labute approximate surface area is 117 Å². The number of para-hydroxylation sites is 2. The molecule has 1 aromatic rings. The minimum atomic E-state index is 0.798. The number of hydrogen-bond donors (Lipinski definition) is 0. The van der Waals surface area contributed by atoms with Crippen LogP contribution in [0.3, 0.4) is 0 Å². The highest BCUT2D eigenvalue weighted by atomic mass is 16.5. The molecule has 3 heteroatoms. The Hall–Kier alpha value is -1.22. The molecule has 1 saturated heterocycles. The van der Waals surface area contributed by atoms with Crippen LogP contribution < -0.4 is 9.64 Å². The fraction of sp³-hybridized carbons (Fsp3) is 0.625. The number of rotatable bonds is 5. The van der Waals surface area contributed by atoms with Crippen molar-refractivity contribution in [1.29, 1.82) is 0 Å². The Morgan fingerprint density at radius 1 is 1.11 bits per heavy atom. The van der Waals surface area contributed by atoms with Crippen LogP contribution in [0, 0.1) is 5.92 Å². The van der Waals surface area contributed by atoms with Gasteiger partial charge in [-0.1, -0.05) is 26.0 Å². The van der Waals surface area contributed by atoms with Crippen LogP contribution in [0.1, 0.15) is 20.3 Å². The number of nitrogens with zero attached hydrogens (tertiary/aromatic N) is 2. The van der Waals surface area contributed by atoms with Gasteiger partial charge in [0.2, 0.25) is 0 Å². The molecule has 0 saturated carbocycles. The molecule has 1 aromatic carbocycles. The topological polar surface area (TPSA) is 15.7 Å². The van der Waals surface area contributed by atoms with Crippen LogP contribution in [0.2, 0.25) is 0 Å². The predicted octanol–water partition coefficient (Wildman–Crippen LogP) is 2.86. The molecule has 1 fully saturated rings. The van der Waals surface area contributed by atoms with Gasteiger partial charge in [-0.3, -0.25) is 4.90 Å². The lowest BCUT2D eigenvalue weighted by atomic mass is 10.1. The number of ether oxygens (including phenoxy) is 1. The van der Waals surface area contributed by atoms with Gasteiger partial charge in [0, 0.05) is 26.2 Å². The number of piperazine rings is 1. The van der Waals surface area contributed by atoms with Crippen LogP contribution in [0.15, 0.2) is 24.3 Å². The molecule has 0 spiro atoms. The predicted molar refractivity (Wildman–Crippen MR) is 81.1 cm³/mol. The van der Waals surface area contributed by atoms with Gasteiger partial charge in [0.05, 0.1) is 12.8 Å². The van der Waals surface area contributed by atoms with Gasteiger partial charge in [-0.2, -0.15) is 0 Å². The van der Waals surface area contributed by atoms with E-state index in [2.05, 4.69) is 35.8 Å². The van der Waals surface area contributed by atoms with Crippen molar-refractivity contribution in [3.8, 4) is 5.75 Å². The Kier molecular flexibility index (Phi) is 5.08. The zero-order valence-corrected chi connectivity index (χ0v) is 12.4. The first-order valence-electron chi connectivity index (χ1n) is 7.31.